The van der Waals surface area contributed by atoms with Crippen LogP contribution in [0.25, 0.3) is 22.6 Å². The van der Waals surface area contributed by atoms with E-state index in [9.17, 15) is 19.7 Å². The van der Waals surface area contributed by atoms with Crippen LogP contribution in [0.2, 0.25) is 0 Å². The van der Waals surface area contributed by atoms with Gasteiger partial charge in [0.1, 0.15) is 16.9 Å². The van der Waals surface area contributed by atoms with Crippen LogP contribution in [-0.2, 0) is 4.74 Å². The first kappa shape index (κ1) is 19.1. The van der Waals surface area contributed by atoms with Crippen molar-refractivity contribution >= 4 is 11.7 Å². The Morgan fingerprint density at radius 3 is 2.40 bits per heavy atom. The van der Waals surface area contributed by atoms with E-state index >= 15 is 0 Å². The van der Waals surface area contributed by atoms with E-state index in [-0.39, 0.29) is 28.2 Å². The van der Waals surface area contributed by atoms with Gasteiger partial charge in [-0.1, -0.05) is 30.3 Å². The molecule has 2 aromatic carbocycles. The number of nitro benzene ring substituents is 1. The number of benzene rings is 2. The zero-order valence-electron chi connectivity index (χ0n) is 16.1. The minimum absolute atomic E-state index is 0.0255. The van der Waals surface area contributed by atoms with Crippen molar-refractivity contribution in [1.82, 2.24) is 14.3 Å². The van der Waals surface area contributed by atoms with Gasteiger partial charge in [-0.25, -0.2) is 4.79 Å². The van der Waals surface area contributed by atoms with Crippen molar-refractivity contribution in [3.05, 3.63) is 92.5 Å². The van der Waals surface area contributed by atoms with Crippen LogP contribution in [0.4, 0.5) is 5.69 Å². The number of para-hydroxylation sites is 3. The summed E-state index contributed by atoms with van der Waals surface area (Å²) in [6.45, 7) is 1.84. The molecule has 0 aromatic heterocycles. The number of pyridine rings is 1. The summed E-state index contributed by atoms with van der Waals surface area (Å²) in [5.41, 5.74) is 1.31. The molecule has 4 rings (SSSR count). The molecule has 0 atom stereocenters. The molecule has 0 aliphatic carbocycles. The van der Waals surface area contributed by atoms with Gasteiger partial charge in [0.2, 0.25) is 0 Å². The lowest BCUT2D eigenvalue weighted by molar-refractivity contribution is -0.384. The summed E-state index contributed by atoms with van der Waals surface area (Å²) in [7, 11) is 1.22. The van der Waals surface area contributed by atoms with Gasteiger partial charge in [-0.15, -0.1) is 0 Å². The SMILES string of the molecule is COC(=O)c1cn(-c2ccccc2[N+](=O)[O-])cc2c(=O)n(-c3ccccc3C)nc1-2. The first-order chi connectivity index (χ1) is 14.4. The summed E-state index contributed by atoms with van der Waals surface area (Å²) >= 11 is 0. The smallest absolute Gasteiger partial charge is 0.341 e. The topological polar surface area (TPSA) is 109 Å². The standard InChI is InChI=1S/C21H16N4O5/c1-13-7-3-4-8-16(13)24-20(26)14-11-23(12-15(19(14)22-24)21(27)30-2)17-9-5-6-10-18(17)25(28)29/h3-12H,1-2H3. The zero-order chi connectivity index (χ0) is 21.4. The number of aromatic nitrogens is 3. The summed E-state index contributed by atoms with van der Waals surface area (Å²) in [5.74, 6) is -0.706. The van der Waals surface area contributed by atoms with Crippen molar-refractivity contribution < 1.29 is 14.5 Å². The summed E-state index contributed by atoms with van der Waals surface area (Å²) in [4.78, 5) is 36.5. The number of methoxy groups -OCH3 is 1. The van der Waals surface area contributed by atoms with Crippen molar-refractivity contribution in [2.75, 3.05) is 7.11 Å². The van der Waals surface area contributed by atoms with Crippen LogP contribution in [0.5, 0.6) is 0 Å². The second-order valence-corrected chi connectivity index (χ2v) is 6.58. The number of hydrogen-bond donors (Lipinski definition) is 0. The molecule has 0 fully saturated rings. The highest BCUT2D eigenvalue weighted by Gasteiger charge is 2.27. The van der Waals surface area contributed by atoms with Crippen LogP contribution in [-0.4, -0.2) is 32.3 Å². The predicted molar refractivity (Wildman–Crippen MR) is 109 cm³/mol. The Morgan fingerprint density at radius 1 is 1.07 bits per heavy atom. The largest absolute Gasteiger partial charge is 0.465 e. The van der Waals surface area contributed by atoms with Crippen molar-refractivity contribution in [3.8, 4) is 22.6 Å². The number of esters is 1. The predicted octanol–water partition coefficient (Wildman–Crippen LogP) is 3.13. The fraction of sp³-hybridized carbons (Fsp3) is 0.0952. The maximum Gasteiger partial charge on any atom is 0.341 e. The lowest BCUT2D eigenvalue weighted by atomic mass is 10.1. The van der Waals surface area contributed by atoms with E-state index in [1.165, 1.54) is 47.0 Å². The molecule has 9 heteroatoms. The normalized spacial score (nSPS) is 10.9. The number of ether oxygens (including phenoxy) is 1. The second kappa shape index (κ2) is 7.28. The van der Waals surface area contributed by atoms with Crippen LogP contribution in [0.15, 0.2) is 65.7 Å². The molecule has 0 bridgehead atoms. The van der Waals surface area contributed by atoms with Gasteiger partial charge in [0.15, 0.2) is 0 Å². The van der Waals surface area contributed by atoms with E-state index < -0.39 is 16.5 Å². The number of aryl methyl sites for hydroxylation is 1. The minimum atomic E-state index is -0.706. The molecular weight excluding hydrogens is 388 g/mol. The van der Waals surface area contributed by atoms with Gasteiger partial charge < -0.3 is 9.30 Å². The van der Waals surface area contributed by atoms with E-state index in [0.29, 0.717) is 5.69 Å². The Balaban J connectivity index is 2.05. The maximum atomic E-state index is 13.1. The fourth-order valence-corrected chi connectivity index (χ4v) is 3.31. The summed E-state index contributed by atoms with van der Waals surface area (Å²) < 4.78 is 7.45. The van der Waals surface area contributed by atoms with Crippen molar-refractivity contribution in [3.63, 3.8) is 0 Å². The van der Waals surface area contributed by atoms with E-state index in [0.717, 1.165) is 5.56 Å². The van der Waals surface area contributed by atoms with Crippen LogP contribution in [0.1, 0.15) is 15.9 Å². The highest BCUT2D eigenvalue weighted by Crippen LogP contribution is 2.28. The number of rotatable bonds is 4. The summed E-state index contributed by atoms with van der Waals surface area (Å²) in [6, 6.07) is 13.3. The molecule has 0 radical (unpaired) electrons. The molecule has 2 heterocycles. The third kappa shape index (κ3) is 3.02. The molecule has 2 aliphatic rings. The molecule has 2 aliphatic heterocycles. The zero-order valence-corrected chi connectivity index (χ0v) is 16.1. The molecule has 150 valence electrons. The molecule has 0 saturated heterocycles. The van der Waals surface area contributed by atoms with E-state index in [1.54, 1.807) is 18.2 Å². The van der Waals surface area contributed by atoms with Gasteiger partial charge in [-0.2, -0.15) is 9.78 Å². The first-order valence-electron chi connectivity index (χ1n) is 8.95. The van der Waals surface area contributed by atoms with E-state index in [1.807, 2.05) is 19.1 Å². The number of fused-ring (bicyclic) bond motifs is 1. The van der Waals surface area contributed by atoms with Crippen LogP contribution in [0, 0.1) is 17.0 Å². The Hall–Kier alpha value is -4.27. The average molecular weight is 404 g/mol. The molecule has 0 spiro atoms. The maximum absolute atomic E-state index is 13.1. The molecule has 0 N–H and O–H groups in total. The third-order valence-electron chi connectivity index (χ3n) is 4.77. The quantitative estimate of drug-likeness (QED) is 0.294. The van der Waals surface area contributed by atoms with Crippen molar-refractivity contribution in [2.24, 2.45) is 0 Å². The van der Waals surface area contributed by atoms with Gasteiger partial charge in [-0.3, -0.25) is 14.9 Å². The van der Waals surface area contributed by atoms with E-state index in [4.69, 9.17) is 4.74 Å². The monoisotopic (exact) mass is 404 g/mol. The Bertz CT molecular complexity index is 1320. The molecule has 0 saturated carbocycles. The summed E-state index contributed by atoms with van der Waals surface area (Å²) in [6.07, 6.45) is 2.82. The first-order valence-corrected chi connectivity index (χ1v) is 8.95. The van der Waals surface area contributed by atoms with Gasteiger partial charge in [0, 0.05) is 18.5 Å². The molecule has 30 heavy (non-hydrogen) atoms. The fourth-order valence-electron chi connectivity index (χ4n) is 3.31. The van der Waals surface area contributed by atoms with Crippen LogP contribution in [0.3, 0.4) is 0 Å². The van der Waals surface area contributed by atoms with Gasteiger partial charge in [0.25, 0.3) is 11.2 Å². The molecule has 9 nitrogen and oxygen atoms in total. The number of nitro groups is 1. The molecular formula is C21H16N4O5. The van der Waals surface area contributed by atoms with E-state index in [2.05, 4.69) is 5.10 Å². The summed E-state index contributed by atoms with van der Waals surface area (Å²) in [5, 5.41) is 15.8. The number of nitrogens with zero attached hydrogens (tertiary/aromatic N) is 4. The van der Waals surface area contributed by atoms with Gasteiger partial charge >= 0.3 is 5.97 Å². The highest BCUT2D eigenvalue weighted by molar-refractivity contribution is 5.96. The molecule has 2 aromatic rings. The lowest BCUT2D eigenvalue weighted by Gasteiger charge is -2.11. The highest BCUT2D eigenvalue weighted by atomic mass is 16.6. The molecule has 0 amide bonds. The van der Waals surface area contributed by atoms with Crippen LogP contribution >= 0.6 is 0 Å². The number of carbonyl (C=O) groups excluding carboxylic acids is 1. The van der Waals surface area contributed by atoms with Crippen molar-refractivity contribution in [1.29, 1.82) is 0 Å². The van der Waals surface area contributed by atoms with Gasteiger partial charge in [-0.05, 0) is 24.6 Å². The number of carbonyl (C=O) groups is 1. The van der Waals surface area contributed by atoms with Crippen LogP contribution < -0.4 is 5.56 Å². The third-order valence-corrected chi connectivity index (χ3v) is 4.77. The van der Waals surface area contributed by atoms with Gasteiger partial charge in [0.05, 0.1) is 23.3 Å². The van der Waals surface area contributed by atoms with Crippen molar-refractivity contribution in [2.45, 2.75) is 6.92 Å². The second-order valence-electron chi connectivity index (χ2n) is 6.58. The molecule has 0 unspecified atom stereocenters. The average Bonchev–Trinajstić information content (AvgIpc) is 3.09. The lowest BCUT2D eigenvalue weighted by Crippen LogP contribution is -2.16. The number of hydrogen-bond acceptors (Lipinski definition) is 6. The Labute approximate surface area is 170 Å². The Kier molecular flexibility index (Phi) is 4.63. The Morgan fingerprint density at radius 2 is 1.73 bits per heavy atom. The minimum Gasteiger partial charge on any atom is -0.465 e.